The third-order valence-electron chi connectivity index (χ3n) is 4.84. The Hall–Kier alpha value is -2.22. The van der Waals surface area contributed by atoms with E-state index in [1.165, 1.54) is 24.1 Å². The second-order valence-electron chi connectivity index (χ2n) is 6.85. The molecule has 2 aromatic heterocycles. The maximum Gasteiger partial charge on any atom is 0.325 e. The van der Waals surface area contributed by atoms with Crippen molar-refractivity contribution in [3.8, 4) is 0 Å². The van der Waals surface area contributed by atoms with Crippen LogP contribution in [0.3, 0.4) is 0 Å². The van der Waals surface area contributed by atoms with Crippen LogP contribution in [-0.2, 0) is 24.1 Å². The van der Waals surface area contributed by atoms with Gasteiger partial charge in [0.1, 0.15) is 0 Å². The molecule has 0 saturated carbocycles. The van der Waals surface area contributed by atoms with Crippen molar-refractivity contribution >= 4 is 22.4 Å². The number of fused-ring (bicyclic) bond motifs is 1. The standard InChI is InChI=1S/C18H24N4O3S/c1-3-4-11-5-7-13-14(9-11)26-18(20-13)21-15(23)8-6-12-10(2)19-17(25)22-16(12)24/h11H,3-9H2,1-2H3,(H,20,21,23)(H2,19,22,24,25). The Balaban J connectivity index is 1.60. The summed E-state index contributed by atoms with van der Waals surface area (Å²) in [5.74, 6) is 0.553. The Labute approximate surface area is 155 Å². The number of hydrogen-bond donors (Lipinski definition) is 3. The summed E-state index contributed by atoms with van der Waals surface area (Å²) in [7, 11) is 0. The van der Waals surface area contributed by atoms with E-state index in [4.69, 9.17) is 0 Å². The fourth-order valence-electron chi connectivity index (χ4n) is 3.50. The van der Waals surface area contributed by atoms with Gasteiger partial charge in [-0.25, -0.2) is 9.78 Å². The van der Waals surface area contributed by atoms with Gasteiger partial charge in [-0.05, 0) is 38.5 Å². The summed E-state index contributed by atoms with van der Waals surface area (Å²) < 4.78 is 0. The van der Waals surface area contributed by atoms with Gasteiger partial charge in [-0.2, -0.15) is 0 Å². The summed E-state index contributed by atoms with van der Waals surface area (Å²) in [5, 5.41) is 3.49. The van der Waals surface area contributed by atoms with E-state index in [1.54, 1.807) is 18.3 Å². The summed E-state index contributed by atoms with van der Waals surface area (Å²) >= 11 is 1.56. The van der Waals surface area contributed by atoms with Crippen molar-refractivity contribution in [2.24, 2.45) is 5.92 Å². The Morgan fingerprint density at radius 1 is 1.35 bits per heavy atom. The van der Waals surface area contributed by atoms with Crippen LogP contribution in [0.25, 0.3) is 0 Å². The minimum atomic E-state index is -0.532. The molecule has 1 atom stereocenters. The molecule has 0 aliphatic heterocycles. The van der Waals surface area contributed by atoms with Crippen molar-refractivity contribution in [3.63, 3.8) is 0 Å². The first-order valence-electron chi connectivity index (χ1n) is 9.06. The maximum absolute atomic E-state index is 12.2. The highest BCUT2D eigenvalue weighted by Crippen LogP contribution is 2.34. The molecule has 140 valence electrons. The molecule has 1 aliphatic carbocycles. The van der Waals surface area contributed by atoms with Crippen molar-refractivity contribution in [1.29, 1.82) is 0 Å². The predicted octanol–water partition coefficient (Wildman–Crippen LogP) is 2.30. The SMILES string of the molecule is CCCC1CCc2nc(NC(=O)CCc3c(C)[nH]c(=O)[nH]c3=O)sc2C1. The Kier molecular flexibility index (Phi) is 5.70. The number of carbonyl (C=O) groups excluding carboxylic acids is 1. The highest BCUT2D eigenvalue weighted by molar-refractivity contribution is 7.15. The molecule has 0 bridgehead atoms. The molecule has 2 aromatic rings. The number of thiazole rings is 1. The molecule has 0 aromatic carbocycles. The van der Waals surface area contributed by atoms with E-state index in [0.717, 1.165) is 24.5 Å². The van der Waals surface area contributed by atoms with Gasteiger partial charge in [-0.3, -0.25) is 14.6 Å². The van der Waals surface area contributed by atoms with E-state index in [1.807, 2.05) is 0 Å². The van der Waals surface area contributed by atoms with Crippen LogP contribution in [0, 0.1) is 12.8 Å². The van der Waals surface area contributed by atoms with Crippen molar-refractivity contribution in [3.05, 3.63) is 42.7 Å². The Morgan fingerprint density at radius 2 is 2.15 bits per heavy atom. The van der Waals surface area contributed by atoms with Gasteiger partial charge in [0.05, 0.1) is 5.69 Å². The van der Waals surface area contributed by atoms with Gasteiger partial charge in [0.2, 0.25) is 5.91 Å². The molecule has 1 aliphatic rings. The number of anilines is 1. The van der Waals surface area contributed by atoms with Crippen molar-refractivity contribution in [2.75, 3.05) is 5.32 Å². The molecule has 7 nitrogen and oxygen atoms in total. The van der Waals surface area contributed by atoms with Crippen LogP contribution in [-0.4, -0.2) is 20.9 Å². The average molecular weight is 376 g/mol. The Bertz CT molecular complexity index is 912. The summed E-state index contributed by atoms with van der Waals surface area (Å²) in [6.07, 6.45) is 6.09. The van der Waals surface area contributed by atoms with Crippen LogP contribution in [0.5, 0.6) is 0 Å². The van der Waals surface area contributed by atoms with Gasteiger partial charge < -0.3 is 10.3 Å². The molecule has 26 heavy (non-hydrogen) atoms. The fraction of sp³-hybridized carbons (Fsp3) is 0.556. The van der Waals surface area contributed by atoms with Crippen LogP contribution >= 0.6 is 11.3 Å². The second-order valence-corrected chi connectivity index (χ2v) is 7.93. The molecule has 2 heterocycles. The third kappa shape index (κ3) is 4.30. The van der Waals surface area contributed by atoms with Crippen LogP contribution < -0.4 is 16.6 Å². The lowest BCUT2D eigenvalue weighted by Gasteiger charge is -2.19. The topological polar surface area (TPSA) is 108 Å². The van der Waals surface area contributed by atoms with Crippen molar-refractivity contribution in [2.45, 2.75) is 58.8 Å². The van der Waals surface area contributed by atoms with Crippen LogP contribution in [0.2, 0.25) is 0 Å². The zero-order valence-corrected chi connectivity index (χ0v) is 15.9. The number of amides is 1. The molecule has 8 heteroatoms. The lowest BCUT2D eigenvalue weighted by molar-refractivity contribution is -0.116. The number of nitrogens with zero attached hydrogens (tertiary/aromatic N) is 1. The summed E-state index contributed by atoms with van der Waals surface area (Å²) in [5.41, 5.74) is 1.07. The molecule has 1 unspecified atom stereocenters. The van der Waals surface area contributed by atoms with Crippen LogP contribution in [0.15, 0.2) is 9.59 Å². The number of aryl methyl sites for hydroxylation is 2. The maximum atomic E-state index is 12.2. The van der Waals surface area contributed by atoms with E-state index < -0.39 is 11.2 Å². The molecular weight excluding hydrogens is 352 g/mol. The molecule has 3 rings (SSSR count). The van der Waals surface area contributed by atoms with Crippen LogP contribution in [0.4, 0.5) is 5.13 Å². The van der Waals surface area contributed by atoms with E-state index in [0.29, 0.717) is 16.4 Å². The lowest BCUT2D eigenvalue weighted by Crippen LogP contribution is -2.27. The monoisotopic (exact) mass is 376 g/mol. The average Bonchev–Trinajstić information content (AvgIpc) is 2.95. The molecule has 0 saturated heterocycles. The first-order chi connectivity index (χ1) is 12.5. The normalized spacial score (nSPS) is 16.3. The predicted molar refractivity (Wildman–Crippen MR) is 102 cm³/mol. The quantitative estimate of drug-likeness (QED) is 0.719. The van der Waals surface area contributed by atoms with E-state index in [2.05, 4.69) is 27.2 Å². The van der Waals surface area contributed by atoms with Gasteiger partial charge in [0.15, 0.2) is 5.13 Å². The molecule has 0 fully saturated rings. The number of carbonyl (C=O) groups is 1. The molecular formula is C18H24N4O3S. The van der Waals surface area contributed by atoms with Crippen molar-refractivity contribution < 1.29 is 4.79 Å². The lowest BCUT2D eigenvalue weighted by atomic mass is 9.88. The molecule has 0 radical (unpaired) electrons. The molecule has 1 amide bonds. The number of hydrogen-bond acceptors (Lipinski definition) is 5. The smallest absolute Gasteiger partial charge is 0.311 e. The largest absolute Gasteiger partial charge is 0.325 e. The molecule has 3 N–H and O–H groups in total. The number of H-pyrrole nitrogens is 2. The van der Waals surface area contributed by atoms with Crippen LogP contribution in [0.1, 0.15) is 54.4 Å². The second kappa shape index (κ2) is 7.99. The zero-order chi connectivity index (χ0) is 18.7. The number of aromatic nitrogens is 3. The van der Waals surface area contributed by atoms with Gasteiger partial charge in [0, 0.05) is 22.6 Å². The summed E-state index contributed by atoms with van der Waals surface area (Å²) in [6.45, 7) is 3.87. The summed E-state index contributed by atoms with van der Waals surface area (Å²) in [6, 6.07) is 0. The van der Waals surface area contributed by atoms with Crippen molar-refractivity contribution in [1.82, 2.24) is 15.0 Å². The summed E-state index contributed by atoms with van der Waals surface area (Å²) in [4.78, 5) is 45.8. The first-order valence-corrected chi connectivity index (χ1v) is 9.88. The van der Waals surface area contributed by atoms with E-state index in [-0.39, 0.29) is 18.7 Å². The minimum Gasteiger partial charge on any atom is -0.311 e. The zero-order valence-electron chi connectivity index (χ0n) is 15.1. The fourth-order valence-corrected chi connectivity index (χ4v) is 4.64. The highest BCUT2D eigenvalue weighted by Gasteiger charge is 2.22. The van der Waals surface area contributed by atoms with Gasteiger partial charge in [-0.15, -0.1) is 11.3 Å². The number of aromatic amines is 2. The minimum absolute atomic E-state index is 0.165. The Morgan fingerprint density at radius 3 is 2.88 bits per heavy atom. The molecule has 0 spiro atoms. The number of rotatable bonds is 6. The van der Waals surface area contributed by atoms with Gasteiger partial charge in [-0.1, -0.05) is 19.8 Å². The first kappa shape index (κ1) is 18.6. The van der Waals surface area contributed by atoms with E-state index >= 15 is 0 Å². The van der Waals surface area contributed by atoms with Gasteiger partial charge >= 0.3 is 5.69 Å². The van der Waals surface area contributed by atoms with Gasteiger partial charge in [0.25, 0.3) is 5.56 Å². The third-order valence-corrected chi connectivity index (χ3v) is 5.88. The van der Waals surface area contributed by atoms with E-state index in [9.17, 15) is 14.4 Å². The number of nitrogens with one attached hydrogen (secondary N) is 3. The highest BCUT2D eigenvalue weighted by atomic mass is 32.1.